The largest absolute Gasteiger partial charge is 0.480 e. The summed E-state index contributed by atoms with van der Waals surface area (Å²) in [6.45, 7) is 2.69. The van der Waals surface area contributed by atoms with E-state index in [2.05, 4.69) is 79.1 Å². The lowest BCUT2D eigenvalue weighted by atomic mass is 10.1. The smallest absolute Gasteiger partial charge is 0.472 e. The first-order valence-corrected chi connectivity index (χ1v) is 25.8. The molecule has 0 radical (unpaired) electrons. The second-order valence-corrected chi connectivity index (χ2v) is 17.7. The second-order valence-electron chi connectivity index (χ2n) is 16.2. The minimum atomic E-state index is -4.73. The molecule has 62 heavy (non-hydrogen) atoms. The maximum Gasteiger partial charge on any atom is 0.472 e. The zero-order valence-corrected chi connectivity index (χ0v) is 39.8. The molecule has 0 aliphatic heterocycles. The van der Waals surface area contributed by atoms with Crippen LogP contribution in [0.3, 0.4) is 0 Å². The van der Waals surface area contributed by atoms with Gasteiger partial charge in [0.2, 0.25) is 0 Å². The number of carbonyl (C=O) groups excluding carboxylic acids is 2. The van der Waals surface area contributed by atoms with Crippen molar-refractivity contribution in [3.8, 4) is 0 Å². The lowest BCUT2D eigenvalue weighted by Crippen LogP contribution is -2.34. The third-order valence-electron chi connectivity index (χ3n) is 10.2. The third kappa shape index (κ3) is 43.8. The summed E-state index contributed by atoms with van der Waals surface area (Å²) in [5.41, 5.74) is 5.35. The minimum Gasteiger partial charge on any atom is -0.480 e. The van der Waals surface area contributed by atoms with Gasteiger partial charge in [-0.3, -0.25) is 23.4 Å². The Morgan fingerprint density at radius 2 is 0.903 bits per heavy atom. The third-order valence-corrected chi connectivity index (χ3v) is 11.2. The number of phosphoric ester groups is 1. The molecule has 0 aromatic heterocycles. The van der Waals surface area contributed by atoms with Crippen molar-refractivity contribution in [2.45, 2.75) is 219 Å². The van der Waals surface area contributed by atoms with Crippen LogP contribution in [0.25, 0.3) is 0 Å². The van der Waals surface area contributed by atoms with Crippen LogP contribution in [0.4, 0.5) is 0 Å². The second kappa shape index (κ2) is 44.8. The Hall–Kier alpha value is -2.82. The molecule has 0 fully saturated rings. The van der Waals surface area contributed by atoms with E-state index >= 15 is 0 Å². The summed E-state index contributed by atoms with van der Waals surface area (Å²) in [6, 6.07) is -1.53. The van der Waals surface area contributed by atoms with Gasteiger partial charge in [-0.05, 0) is 77.0 Å². The molecule has 4 N–H and O–H groups in total. The minimum absolute atomic E-state index is 0.149. The molecule has 0 saturated heterocycles. The van der Waals surface area contributed by atoms with E-state index in [-0.39, 0.29) is 19.4 Å². The molecule has 3 atom stereocenters. The van der Waals surface area contributed by atoms with Crippen LogP contribution in [0, 0.1) is 0 Å². The molecule has 0 bridgehead atoms. The summed E-state index contributed by atoms with van der Waals surface area (Å²) in [4.78, 5) is 46.1. The fourth-order valence-electron chi connectivity index (χ4n) is 6.46. The van der Waals surface area contributed by atoms with Crippen molar-refractivity contribution in [1.82, 2.24) is 0 Å². The van der Waals surface area contributed by atoms with Gasteiger partial charge in [-0.2, -0.15) is 0 Å². The van der Waals surface area contributed by atoms with Crippen LogP contribution < -0.4 is 5.73 Å². The van der Waals surface area contributed by atoms with Gasteiger partial charge in [0.05, 0.1) is 13.2 Å². The molecule has 0 amide bonds. The van der Waals surface area contributed by atoms with Crippen molar-refractivity contribution >= 4 is 25.7 Å². The highest BCUT2D eigenvalue weighted by molar-refractivity contribution is 7.47. The van der Waals surface area contributed by atoms with E-state index in [4.69, 9.17) is 24.8 Å². The Morgan fingerprint density at radius 1 is 0.516 bits per heavy atom. The number of carboxylic acid groups (broad SMARTS) is 1. The number of nitrogens with two attached hydrogens (primary N) is 1. The molecule has 0 aromatic rings. The highest BCUT2D eigenvalue weighted by Gasteiger charge is 2.28. The SMILES string of the molecule is CC/C=C\C/C=C\C/C=C\C/C=C\CCCCCCCCCCC(=O)OC(COC(=O)CCCCCCCCC/C=C\CCCCCCCC)COP(=O)(O)OCC(N)C(=O)O. The highest BCUT2D eigenvalue weighted by Crippen LogP contribution is 2.43. The monoisotopic (exact) mass is 894 g/mol. The maximum atomic E-state index is 12.7. The molecule has 3 unspecified atom stereocenters. The Balaban J connectivity index is 4.31. The lowest BCUT2D eigenvalue weighted by Gasteiger charge is -2.20. The number of ether oxygens (including phenoxy) is 2. The molecule has 12 heteroatoms. The van der Waals surface area contributed by atoms with Crippen molar-refractivity contribution in [2.24, 2.45) is 5.73 Å². The molecule has 11 nitrogen and oxygen atoms in total. The van der Waals surface area contributed by atoms with Gasteiger partial charge in [-0.15, -0.1) is 0 Å². The highest BCUT2D eigenvalue weighted by atomic mass is 31.2. The standard InChI is InChI=1S/C50H88NO10P/c1-3-5-7-9-11-13-15-17-19-21-22-23-24-26-28-30-32-34-36-38-40-42-49(53)61-46(44-59-62(56,57)60-45-47(51)50(54)55)43-58-48(52)41-39-37-35-33-31-29-27-25-20-18-16-14-12-10-8-6-4-2/h5,7,11,13,17-20,22-23,46-47H,3-4,6,8-10,12,14-16,21,24-45,51H2,1-2H3,(H,54,55)(H,56,57)/b7-5-,13-11-,19-17-,20-18-,23-22-. The number of hydrogen-bond donors (Lipinski definition) is 3. The average Bonchev–Trinajstić information content (AvgIpc) is 3.25. The number of hydrogen-bond acceptors (Lipinski definition) is 9. The molecular weight excluding hydrogens is 806 g/mol. The molecule has 0 aliphatic rings. The number of aliphatic carboxylic acids is 1. The van der Waals surface area contributed by atoms with E-state index in [1.165, 1.54) is 83.5 Å². The van der Waals surface area contributed by atoms with E-state index in [0.29, 0.717) is 12.8 Å². The van der Waals surface area contributed by atoms with Crippen molar-refractivity contribution in [3.63, 3.8) is 0 Å². The average molecular weight is 894 g/mol. The van der Waals surface area contributed by atoms with Gasteiger partial charge in [0, 0.05) is 12.8 Å². The summed E-state index contributed by atoms with van der Waals surface area (Å²) in [7, 11) is -4.73. The Labute approximate surface area is 377 Å². The maximum absolute atomic E-state index is 12.7. The van der Waals surface area contributed by atoms with Crippen molar-refractivity contribution in [3.05, 3.63) is 60.8 Å². The van der Waals surface area contributed by atoms with Gasteiger partial charge in [0.1, 0.15) is 12.6 Å². The number of esters is 2. The molecule has 358 valence electrons. The normalized spacial score (nSPS) is 14.1. The van der Waals surface area contributed by atoms with Gasteiger partial charge in [-0.1, -0.05) is 177 Å². The van der Waals surface area contributed by atoms with Crippen molar-refractivity contribution < 1.29 is 47.5 Å². The van der Waals surface area contributed by atoms with Crippen molar-refractivity contribution in [2.75, 3.05) is 19.8 Å². The van der Waals surface area contributed by atoms with Crippen molar-refractivity contribution in [1.29, 1.82) is 0 Å². The fraction of sp³-hybridized carbons (Fsp3) is 0.740. The zero-order valence-electron chi connectivity index (χ0n) is 38.9. The Kier molecular flexibility index (Phi) is 42.7. The molecule has 0 heterocycles. The fourth-order valence-corrected chi connectivity index (χ4v) is 7.24. The van der Waals surface area contributed by atoms with Crippen LogP contribution in [0.1, 0.15) is 206 Å². The van der Waals surface area contributed by atoms with E-state index in [1.54, 1.807) is 0 Å². The van der Waals surface area contributed by atoms with Gasteiger partial charge in [0.25, 0.3) is 0 Å². The van der Waals surface area contributed by atoms with E-state index in [0.717, 1.165) is 83.5 Å². The van der Waals surface area contributed by atoms with Crippen LogP contribution >= 0.6 is 7.82 Å². The van der Waals surface area contributed by atoms with Crippen LogP contribution in [-0.2, 0) is 37.5 Å². The summed E-state index contributed by atoms with van der Waals surface area (Å²) in [6.07, 6.45) is 52.7. The topological polar surface area (TPSA) is 172 Å². The summed E-state index contributed by atoms with van der Waals surface area (Å²) >= 11 is 0. The van der Waals surface area contributed by atoms with E-state index in [1.807, 2.05) is 0 Å². The number of unbranched alkanes of at least 4 members (excludes halogenated alkanes) is 21. The summed E-state index contributed by atoms with van der Waals surface area (Å²) in [5, 5.41) is 8.91. The summed E-state index contributed by atoms with van der Waals surface area (Å²) < 4.78 is 32.8. The van der Waals surface area contributed by atoms with Gasteiger partial charge in [-0.25, -0.2) is 4.57 Å². The molecular formula is C50H88NO10P. The van der Waals surface area contributed by atoms with E-state index < -0.39 is 51.1 Å². The van der Waals surface area contributed by atoms with Gasteiger partial charge < -0.3 is 25.2 Å². The number of allylic oxidation sites excluding steroid dienone is 10. The number of rotatable bonds is 45. The van der Waals surface area contributed by atoms with Crippen LogP contribution in [0.5, 0.6) is 0 Å². The number of carbonyl (C=O) groups is 3. The molecule has 0 aromatic carbocycles. The number of phosphoric acid groups is 1. The van der Waals surface area contributed by atoms with Gasteiger partial charge in [0.15, 0.2) is 6.10 Å². The predicted octanol–water partition coefficient (Wildman–Crippen LogP) is 13.5. The van der Waals surface area contributed by atoms with Crippen LogP contribution in [0.15, 0.2) is 60.8 Å². The lowest BCUT2D eigenvalue weighted by molar-refractivity contribution is -0.161. The summed E-state index contributed by atoms with van der Waals surface area (Å²) in [5.74, 6) is -2.39. The number of carboxylic acids is 1. The first-order valence-electron chi connectivity index (χ1n) is 24.3. The first kappa shape index (κ1) is 59.2. The molecule has 0 aliphatic carbocycles. The first-order chi connectivity index (χ1) is 30.1. The quantitative estimate of drug-likeness (QED) is 0.0230. The Bertz CT molecular complexity index is 1280. The molecule has 0 rings (SSSR count). The van der Waals surface area contributed by atoms with Crippen LogP contribution in [-0.4, -0.2) is 59.9 Å². The van der Waals surface area contributed by atoms with E-state index in [9.17, 15) is 23.8 Å². The molecule has 0 saturated carbocycles. The Morgan fingerprint density at radius 3 is 1.37 bits per heavy atom. The van der Waals surface area contributed by atoms with Crippen LogP contribution in [0.2, 0.25) is 0 Å². The molecule has 0 spiro atoms. The van der Waals surface area contributed by atoms with Gasteiger partial charge >= 0.3 is 25.7 Å². The zero-order chi connectivity index (χ0) is 45.6. The predicted molar refractivity (Wildman–Crippen MR) is 254 cm³/mol.